The van der Waals surface area contributed by atoms with Crippen LogP contribution in [-0.2, 0) is 16.6 Å². The van der Waals surface area contributed by atoms with Gasteiger partial charge in [-0.2, -0.15) is 4.31 Å². The predicted octanol–water partition coefficient (Wildman–Crippen LogP) is 1.82. The van der Waals surface area contributed by atoms with Crippen LogP contribution in [0.5, 0.6) is 0 Å². The van der Waals surface area contributed by atoms with Crippen molar-refractivity contribution in [1.29, 1.82) is 0 Å². The molecule has 0 amide bonds. The lowest BCUT2D eigenvalue weighted by atomic mass is 10.1. The largest absolute Gasteiger partial charge is 0.329 e. The summed E-state index contributed by atoms with van der Waals surface area (Å²) in [5, 5.41) is 0. The number of piperazine rings is 1. The van der Waals surface area contributed by atoms with Crippen LogP contribution < -0.4 is 4.90 Å². The smallest absolute Gasteiger partial charge is 0.243 e. The van der Waals surface area contributed by atoms with E-state index in [1.54, 1.807) is 24.3 Å². The average molecular weight is 432 g/mol. The molecule has 0 aromatic heterocycles. The fourth-order valence-electron chi connectivity index (χ4n) is 2.93. The van der Waals surface area contributed by atoms with Crippen molar-refractivity contribution < 1.29 is 22.1 Å². The topological polar surface area (TPSA) is 41.8 Å². The first-order valence-electron chi connectivity index (χ1n) is 7.90. The van der Waals surface area contributed by atoms with Crippen molar-refractivity contribution in [3.63, 3.8) is 0 Å². The molecule has 0 radical (unpaired) electrons. The van der Waals surface area contributed by atoms with Gasteiger partial charge in [-0.05, 0) is 36.4 Å². The Bertz CT molecular complexity index is 831. The van der Waals surface area contributed by atoms with Crippen molar-refractivity contribution >= 4 is 26.0 Å². The summed E-state index contributed by atoms with van der Waals surface area (Å²) in [7, 11) is -3.54. The zero-order chi connectivity index (χ0) is 18.0. The van der Waals surface area contributed by atoms with E-state index in [0.29, 0.717) is 26.2 Å². The van der Waals surface area contributed by atoms with Crippen molar-refractivity contribution in [2.24, 2.45) is 0 Å². The summed E-state index contributed by atoms with van der Waals surface area (Å²) in [5.41, 5.74) is 0.0571. The third-order valence-corrected chi connectivity index (χ3v) is 6.81. The normalized spacial score (nSPS) is 16.9. The number of quaternary nitrogens is 1. The molecule has 3 rings (SSSR count). The molecule has 4 nitrogen and oxygen atoms in total. The number of benzene rings is 2. The Labute approximate surface area is 154 Å². The van der Waals surface area contributed by atoms with Gasteiger partial charge in [-0.15, -0.1) is 0 Å². The Morgan fingerprint density at radius 1 is 1.00 bits per heavy atom. The number of nitrogens with one attached hydrogen (secondary N) is 1. The summed E-state index contributed by atoms with van der Waals surface area (Å²) < 4.78 is 55.1. The van der Waals surface area contributed by atoms with E-state index in [1.165, 1.54) is 22.5 Å². The second kappa shape index (κ2) is 7.49. The van der Waals surface area contributed by atoms with Crippen molar-refractivity contribution in [3.8, 4) is 0 Å². The average Bonchev–Trinajstić information content (AvgIpc) is 2.59. The number of halogens is 3. The van der Waals surface area contributed by atoms with Gasteiger partial charge in [-0.25, -0.2) is 17.2 Å². The molecule has 1 aliphatic rings. The number of hydrogen-bond donors (Lipinski definition) is 1. The van der Waals surface area contributed by atoms with E-state index in [2.05, 4.69) is 15.9 Å². The van der Waals surface area contributed by atoms with Gasteiger partial charge in [0, 0.05) is 4.47 Å². The molecular weight excluding hydrogens is 414 g/mol. The summed E-state index contributed by atoms with van der Waals surface area (Å²) >= 11 is 3.29. The van der Waals surface area contributed by atoms with E-state index in [9.17, 15) is 17.2 Å². The van der Waals surface area contributed by atoms with Crippen LogP contribution in [0, 0.1) is 11.6 Å². The quantitative estimate of drug-likeness (QED) is 0.801. The van der Waals surface area contributed by atoms with Gasteiger partial charge < -0.3 is 4.90 Å². The zero-order valence-electron chi connectivity index (χ0n) is 13.4. The molecule has 0 spiro atoms. The van der Waals surface area contributed by atoms with Crippen LogP contribution in [0.4, 0.5) is 8.78 Å². The number of hydrogen-bond acceptors (Lipinski definition) is 2. The molecule has 1 aliphatic heterocycles. The molecule has 1 heterocycles. The lowest BCUT2D eigenvalue weighted by molar-refractivity contribution is -0.917. The summed E-state index contributed by atoms with van der Waals surface area (Å²) in [4.78, 5) is 1.21. The Morgan fingerprint density at radius 2 is 1.56 bits per heavy atom. The predicted molar refractivity (Wildman–Crippen MR) is 93.7 cm³/mol. The first-order valence-corrected chi connectivity index (χ1v) is 10.1. The molecule has 0 unspecified atom stereocenters. The van der Waals surface area contributed by atoms with Crippen LogP contribution in [0.25, 0.3) is 0 Å². The first-order chi connectivity index (χ1) is 11.9. The Morgan fingerprint density at radius 3 is 2.12 bits per heavy atom. The molecule has 0 aliphatic carbocycles. The maximum absolute atomic E-state index is 13.8. The molecule has 1 saturated heterocycles. The highest BCUT2D eigenvalue weighted by molar-refractivity contribution is 9.10. The molecule has 25 heavy (non-hydrogen) atoms. The highest BCUT2D eigenvalue weighted by atomic mass is 79.9. The van der Waals surface area contributed by atoms with Gasteiger partial charge in [0.1, 0.15) is 18.2 Å². The molecule has 2 aromatic rings. The molecule has 0 saturated carbocycles. The van der Waals surface area contributed by atoms with Crippen molar-refractivity contribution in [2.75, 3.05) is 26.2 Å². The monoisotopic (exact) mass is 431 g/mol. The van der Waals surface area contributed by atoms with E-state index in [0.717, 1.165) is 9.37 Å². The third-order valence-electron chi connectivity index (χ3n) is 4.37. The minimum atomic E-state index is -3.54. The van der Waals surface area contributed by atoms with Crippen molar-refractivity contribution in [1.82, 2.24) is 4.31 Å². The summed E-state index contributed by atoms with van der Waals surface area (Å²) in [6, 6.07) is 10.3. The van der Waals surface area contributed by atoms with E-state index in [4.69, 9.17) is 0 Å². The van der Waals surface area contributed by atoms with Crippen LogP contribution in [0.1, 0.15) is 5.56 Å². The minimum Gasteiger partial charge on any atom is -0.329 e. The van der Waals surface area contributed by atoms with Crippen LogP contribution >= 0.6 is 15.9 Å². The molecule has 1 N–H and O–H groups in total. The maximum Gasteiger partial charge on any atom is 0.243 e. The van der Waals surface area contributed by atoms with Crippen molar-refractivity contribution in [3.05, 3.63) is 64.1 Å². The summed E-state index contributed by atoms with van der Waals surface area (Å²) in [6.45, 7) is 1.87. The van der Waals surface area contributed by atoms with Gasteiger partial charge in [0.25, 0.3) is 0 Å². The second-order valence-corrected chi connectivity index (χ2v) is 8.84. The molecule has 0 bridgehead atoms. The minimum absolute atomic E-state index is 0.0571. The van der Waals surface area contributed by atoms with Gasteiger partial charge in [-0.1, -0.05) is 22.0 Å². The zero-order valence-corrected chi connectivity index (χ0v) is 15.8. The van der Waals surface area contributed by atoms with Gasteiger partial charge in [0.2, 0.25) is 10.0 Å². The number of sulfonamides is 1. The third kappa shape index (κ3) is 4.08. The molecule has 0 atom stereocenters. The first kappa shape index (κ1) is 18.4. The van der Waals surface area contributed by atoms with Crippen LogP contribution in [0.15, 0.2) is 51.8 Å². The molecule has 8 heteroatoms. The molecule has 1 fully saturated rings. The van der Waals surface area contributed by atoms with E-state index < -0.39 is 21.7 Å². The van der Waals surface area contributed by atoms with E-state index >= 15 is 0 Å². The highest BCUT2D eigenvalue weighted by Gasteiger charge is 2.31. The summed E-state index contributed by atoms with van der Waals surface area (Å²) in [5.74, 6) is -1.12. The van der Waals surface area contributed by atoms with Gasteiger partial charge >= 0.3 is 0 Å². The maximum atomic E-state index is 13.8. The van der Waals surface area contributed by atoms with Crippen molar-refractivity contribution in [2.45, 2.75) is 11.4 Å². The standard InChI is InChI=1S/C17H17BrF2N2O2S/c18-13-4-6-14(7-5-13)25(23,24)22-10-8-21(9-11-22)12-15-16(19)2-1-3-17(15)20/h1-7H,8-12H2/p+1. The van der Waals surface area contributed by atoms with E-state index in [-0.39, 0.29) is 17.0 Å². The lowest BCUT2D eigenvalue weighted by Crippen LogP contribution is -3.13. The van der Waals surface area contributed by atoms with Crippen LogP contribution in [0.3, 0.4) is 0 Å². The lowest BCUT2D eigenvalue weighted by Gasteiger charge is -2.31. The number of nitrogens with zero attached hydrogens (tertiary/aromatic N) is 1. The summed E-state index contributed by atoms with van der Waals surface area (Å²) in [6.07, 6.45) is 0. The fourth-order valence-corrected chi connectivity index (χ4v) is 4.63. The van der Waals surface area contributed by atoms with Crippen LogP contribution in [0.2, 0.25) is 0 Å². The van der Waals surface area contributed by atoms with Gasteiger partial charge in [0.15, 0.2) is 0 Å². The Balaban J connectivity index is 1.66. The molecule has 134 valence electrons. The fraction of sp³-hybridized carbons (Fsp3) is 0.294. The Kier molecular flexibility index (Phi) is 5.52. The second-order valence-electron chi connectivity index (χ2n) is 5.98. The molecular formula is C17H18BrF2N2O2S+. The number of rotatable bonds is 4. The van der Waals surface area contributed by atoms with Gasteiger partial charge in [-0.3, -0.25) is 0 Å². The Hall–Kier alpha value is -1.35. The SMILES string of the molecule is O=S(=O)(c1ccc(Br)cc1)N1CC[NH+](Cc2c(F)cccc2F)CC1. The van der Waals surface area contributed by atoms with E-state index in [1.807, 2.05) is 0 Å². The van der Waals surface area contributed by atoms with Crippen LogP contribution in [-0.4, -0.2) is 38.9 Å². The molecule has 2 aromatic carbocycles. The van der Waals surface area contributed by atoms with Gasteiger partial charge in [0.05, 0.1) is 36.6 Å². The highest BCUT2D eigenvalue weighted by Crippen LogP contribution is 2.19.